The summed E-state index contributed by atoms with van der Waals surface area (Å²) in [6.45, 7) is 7.73. The van der Waals surface area contributed by atoms with E-state index in [0.29, 0.717) is 0 Å². The molecule has 2 unspecified atom stereocenters. The molecule has 90 valence electrons. The minimum absolute atomic E-state index is 0.0367. The van der Waals surface area contributed by atoms with Crippen LogP contribution in [0.3, 0.4) is 0 Å². The van der Waals surface area contributed by atoms with Crippen molar-refractivity contribution < 1.29 is 5.11 Å². The molecule has 2 nitrogen and oxygen atoms in total. The van der Waals surface area contributed by atoms with E-state index in [1.807, 2.05) is 39.0 Å². The van der Waals surface area contributed by atoms with E-state index < -0.39 is 5.60 Å². The predicted octanol–water partition coefficient (Wildman–Crippen LogP) is 3.26. The van der Waals surface area contributed by atoms with Crippen LogP contribution in [-0.4, -0.2) is 16.7 Å². The molecule has 0 aliphatic rings. The van der Waals surface area contributed by atoms with Crippen LogP contribution in [-0.2, 0) is 0 Å². The smallest absolute Gasteiger partial charge is 0.0741 e. The highest BCUT2D eigenvalue weighted by Gasteiger charge is 2.24. The maximum Gasteiger partial charge on any atom is 0.0741 e. The van der Waals surface area contributed by atoms with Gasteiger partial charge in [-0.2, -0.15) is 0 Å². The third-order valence-electron chi connectivity index (χ3n) is 2.93. The van der Waals surface area contributed by atoms with Crippen LogP contribution in [0.25, 0.3) is 0 Å². The fourth-order valence-corrected chi connectivity index (χ4v) is 2.12. The third-order valence-corrected chi connectivity index (χ3v) is 3.65. The molecule has 16 heavy (non-hydrogen) atoms. The van der Waals surface area contributed by atoms with Crippen molar-refractivity contribution in [3.63, 3.8) is 0 Å². The summed E-state index contributed by atoms with van der Waals surface area (Å²) in [7, 11) is 0. The SMILES string of the molecule is CC(NC(C)C(C)(C)O)c1ccccc1Br. The van der Waals surface area contributed by atoms with E-state index in [9.17, 15) is 5.11 Å². The topological polar surface area (TPSA) is 32.3 Å². The van der Waals surface area contributed by atoms with Crippen molar-refractivity contribution in [2.45, 2.75) is 45.4 Å². The number of aliphatic hydroxyl groups is 1. The maximum atomic E-state index is 9.88. The standard InChI is InChI=1S/C13H20BrNO/c1-9(15-10(2)13(3,4)16)11-7-5-6-8-12(11)14/h5-10,15-16H,1-4H3. The van der Waals surface area contributed by atoms with Crippen LogP contribution >= 0.6 is 15.9 Å². The number of hydrogen-bond donors (Lipinski definition) is 2. The van der Waals surface area contributed by atoms with Gasteiger partial charge in [-0.3, -0.25) is 0 Å². The van der Waals surface area contributed by atoms with Gasteiger partial charge in [0.1, 0.15) is 0 Å². The van der Waals surface area contributed by atoms with Gasteiger partial charge in [-0.25, -0.2) is 0 Å². The Labute approximate surface area is 106 Å². The molecule has 0 saturated heterocycles. The molecular formula is C13H20BrNO. The summed E-state index contributed by atoms with van der Waals surface area (Å²) in [5.41, 5.74) is 0.494. The monoisotopic (exact) mass is 285 g/mol. The third kappa shape index (κ3) is 3.58. The Bertz CT molecular complexity index is 346. The Morgan fingerprint density at radius 3 is 2.31 bits per heavy atom. The van der Waals surface area contributed by atoms with Gasteiger partial charge in [0.25, 0.3) is 0 Å². The minimum atomic E-state index is -0.713. The summed E-state index contributed by atoms with van der Waals surface area (Å²) in [4.78, 5) is 0. The first-order valence-electron chi connectivity index (χ1n) is 5.55. The van der Waals surface area contributed by atoms with Gasteiger partial charge in [0.05, 0.1) is 5.60 Å². The molecular weight excluding hydrogens is 266 g/mol. The van der Waals surface area contributed by atoms with Crippen LogP contribution in [0.2, 0.25) is 0 Å². The van der Waals surface area contributed by atoms with E-state index in [4.69, 9.17) is 0 Å². The lowest BCUT2D eigenvalue weighted by molar-refractivity contribution is 0.0405. The summed E-state index contributed by atoms with van der Waals surface area (Å²) in [5.74, 6) is 0. The van der Waals surface area contributed by atoms with Crippen molar-refractivity contribution in [1.82, 2.24) is 5.32 Å². The summed E-state index contributed by atoms with van der Waals surface area (Å²) in [6, 6.07) is 8.38. The van der Waals surface area contributed by atoms with Crippen LogP contribution < -0.4 is 5.32 Å². The predicted molar refractivity (Wildman–Crippen MR) is 71.5 cm³/mol. The quantitative estimate of drug-likeness (QED) is 0.890. The molecule has 0 saturated carbocycles. The molecule has 0 amide bonds. The Morgan fingerprint density at radius 2 is 1.81 bits per heavy atom. The Kier molecular flexibility index (Phi) is 4.53. The first kappa shape index (κ1) is 13.7. The lowest BCUT2D eigenvalue weighted by Crippen LogP contribution is -2.45. The molecule has 1 aromatic rings. The number of halogens is 1. The molecule has 0 fully saturated rings. The average molecular weight is 286 g/mol. The zero-order valence-corrected chi connectivity index (χ0v) is 11.9. The summed E-state index contributed by atoms with van der Waals surface area (Å²) in [5, 5.41) is 13.3. The van der Waals surface area contributed by atoms with Crippen LogP contribution in [0, 0.1) is 0 Å². The van der Waals surface area contributed by atoms with Crippen molar-refractivity contribution in [2.24, 2.45) is 0 Å². The second kappa shape index (κ2) is 5.30. The van der Waals surface area contributed by atoms with E-state index in [2.05, 4.69) is 34.2 Å². The zero-order valence-electron chi connectivity index (χ0n) is 10.3. The zero-order chi connectivity index (χ0) is 12.3. The largest absolute Gasteiger partial charge is 0.389 e. The van der Waals surface area contributed by atoms with Crippen LogP contribution in [0.4, 0.5) is 0 Å². The molecule has 3 heteroatoms. The number of nitrogens with one attached hydrogen (secondary N) is 1. The molecule has 1 aromatic carbocycles. The highest BCUT2D eigenvalue weighted by molar-refractivity contribution is 9.10. The van der Waals surface area contributed by atoms with Gasteiger partial charge in [-0.05, 0) is 39.3 Å². The molecule has 0 bridgehead atoms. The molecule has 1 rings (SSSR count). The molecule has 0 aliphatic heterocycles. The Morgan fingerprint density at radius 1 is 1.25 bits per heavy atom. The van der Waals surface area contributed by atoms with Crippen LogP contribution in [0.5, 0.6) is 0 Å². The van der Waals surface area contributed by atoms with Gasteiger partial charge in [0.15, 0.2) is 0 Å². The lowest BCUT2D eigenvalue weighted by Gasteiger charge is -2.30. The number of rotatable bonds is 4. The molecule has 0 aromatic heterocycles. The second-order valence-corrected chi connectivity index (χ2v) is 5.64. The van der Waals surface area contributed by atoms with E-state index >= 15 is 0 Å². The van der Waals surface area contributed by atoms with Crippen molar-refractivity contribution in [1.29, 1.82) is 0 Å². The summed E-state index contributed by atoms with van der Waals surface area (Å²) < 4.78 is 1.10. The van der Waals surface area contributed by atoms with Gasteiger partial charge in [0, 0.05) is 16.6 Å². The fourth-order valence-electron chi connectivity index (χ4n) is 1.49. The maximum absolute atomic E-state index is 9.88. The van der Waals surface area contributed by atoms with E-state index in [0.717, 1.165) is 4.47 Å². The second-order valence-electron chi connectivity index (χ2n) is 4.79. The van der Waals surface area contributed by atoms with E-state index in [1.165, 1.54) is 5.56 Å². The van der Waals surface area contributed by atoms with Crippen molar-refractivity contribution >= 4 is 15.9 Å². The van der Waals surface area contributed by atoms with Gasteiger partial charge in [-0.1, -0.05) is 34.1 Å². The van der Waals surface area contributed by atoms with Gasteiger partial charge < -0.3 is 10.4 Å². The first-order valence-corrected chi connectivity index (χ1v) is 6.34. The minimum Gasteiger partial charge on any atom is -0.389 e. The molecule has 0 spiro atoms. The Hall–Kier alpha value is -0.380. The summed E-state index contributed by atoms with van der Waals surface area (Å²) >= 11 is 3.53. The fraction of sp³-hybridized carbons (Fsp3) is 0.538. The molecule has 0 radical (unpaired) electrons. The molecule has 0 aliphatic carbocycles. The highest BCUT2D eigenvalue weighted by atomic mass is 79.9. The number of benzene rings is 1. The average Bonchev–Trinajstić information content (AvgIpc) is 2.16. The molecule has 2 N–H and O–H groups in total. The Balaban J connectivity index is 2.73. The summed E-state index contributed by atoms with van der Waals surface area (Å²) in [6.07, 6.45) is 0. The van der Waals surface area contributed by atoms with Crippen molar-refractivity contribution in [3.05, 3.63) is 34.3 Å². The normalized spacial score (nSPS) is 15.9. The van der Waals surface area contributed by atoms with Crippen LogP contribution in [0.1, 0.15) is 39.3 Å². The highest BCUT2D eigenvalue weighted by Crippen LogP contribution is 2.24. The van der Waals surface area contributed by atoms with Crippen LogP contribution in [0.15, 0.2) is 28.7 Å². The lowest BCUT2D eigenvalue weighted by atomic mass is 9.98. The van der Waals surface area contributed by atoms with Crippen molar-refractivity contribution in [2.75, 3.05) is 0 Å². The van der Waals surface area contributed by atoms with Gasteiger partial charge in [0.2, 0.25) is 0 Å². The van der Waals surface area contributed by atoms with E-state index in [1.54, 1.807) is 0 Å². The molecule has 2 atom stereocenters. The van der Waals surface area contributed by atoms with Gasteiger partial charge in [-0.15, -0.1) is 0 Å². The van der Waals surface area contributed by atoms with Gasteiger partial charge >= 0.3 is 0 Å². The number of hydrogen-bond acceptors (Lipinski definition) is 2. The molecule has 0 heterocycles. The van der Waals surface area contributed by atoms with Crippen molar-refractivity contribution in [3.8, 4) is 0 Å². The first-order chi connectivity index (χ1) is 7.32. The van der Waals surface area contributed by atoms with E-state index in [-0.39, 0.29) is 12.1 Å².